The van der Waals surface area contributed by atoms with Gasteiger partial charge in [-0.05, 0) is 60.4 Å². The predicted octanol–water partition coefficient (Wildman–Crippen LogP) is 3.60. The van der Waals surface area contributed by atoms with Gasteiger partial charge in [-0.1, -0.05) is 30.3 Å². The normalized spacial score (nSPS) is 23.2. The van der Waals surface area contributed by atoms with Crippen LogP contribution in [-0.4, -0.2) is 24.0 Å². The second-order valence-electron chi connectivity index (χ2n) is 8.19. The Hall–Kier alpha value is -2.80. The first-order valence-corrected chi connectivity index (χ1v) is 10.8. The van der Waals surface area contributed by atoms with E-state index in [1.807, 2.05) is 36.4 Å². The predicted molar refractivity (Wildman–Crippen MR) is 118 cm³/mol. The number of nitrogens with zero attached hydrogens (tertiary/aromatic N) is 2. The Morgan fingerprint density at radius 2 is 1.80 bits per heavy atom. The summed E-state index contributed by atoms with van der Waals surface area (Å²) < 4.78 is 0. The number of piperidine rings is 2. The van der Waals surface area contributed by atoms with Crippen molar-refractivity contribution in [3.8, 4) is 23.3 Å². The summed E-state index contributed by atoms with van der Waals surface area (Å²) in [6.45, 7) is 0. The maximum absolute atomic E-state index is 12.7. The highest BCUT2D eigenvalue weighted by Gasteiger charge is 2.39. The molecule has 2 heterocycles. The molecule has 2 aliphatic heterocycles. The van der Waals surface area contributed by atoms with Crippen LogP contribution < -0.4 is 10.6 Å². The molecule has 1 unspecified atom stereocenters. The molecular weight excluding hydrogens is 392 g/mol. The van der Waals surface area contributed by atoms with Gasteiger partial charge in [0.15, 0.2) is 0 Å². The van der Waals surface area contributed by atoms with E-state index in [0.29, 0.717) is 28.8 Å². The fourth-order valence-electron chi connectivity index (χ4n) is 4.56. The zero-order valence-electron chi connectivity index (χ0n) is 16.6. The van der Waals surface area contributed by atoms with Crippen LogP contribution >= 0.6 is 12.6 Å². The fourth-order valence-corrected chi connectivity index (χ4v) is 4.83. The van der Waals surface area contributed by atoms with E-state index in [1.165, 1.54) is 0 Å². The third-order valence-corrected chi connectivity index (χ3v) is 6.63. The Morgan fingerprint density at radius 1 is 1.10 bits per heavy atom. The largest absolute Gasteiger partial charge is 0.339 e. The van der Waals surface area contributed by atoms with Gasteiger partial charge < -0.3 is 10.6 Å². The van der Waals surface area contributed by atoms with Gasteiger partial charge in [-0.15, -0.1) is 12.6 Å². The molecule has 2 aromatic carbocycles. The molecule has 152 valence electrons. The van der Waals surface area contributed by atoms with Gasteiger partial charge in [0.05, 0.1) is 17.7 Å². The molecule has 2 aromatic rings. The van der Waals surface area contributed by atoms with Crippen LogP contribution in [0.3, 0.4) is 0 Å². The van der Waals surface area contributed by atoms with Gasteiger partial charge in [0, 0.05) is 17.4 Å². The van der Waals surface area contributed by atoms with Crippen molar-refractivity contribution in [2.24, 2.45) is 5.92 Å². The lowest BCUT2D eigenvalue weighted by Gasteiger charge is -2.42. The topological polar surface area (TPSA) is 88.7 Å². The molecule has 0 radical (unpaired) electrons. The number of nitriles is 2. The summed E-state index contributed by atoms with van der Waals surface area (Å²) in [5.74, 6) is 0.337. The third-order valence-electron chi connectivity index (χ3n) is 6.26. The van der Waals surface area contributed by atoms with Crippen molar-refractivity contribution >= 4 is 18.5 Å². The van der Waals surface area contributed by atoms with Gasteiger partial charge in [-0.2, -0.15) is 10.5 Å². The molecule has 2 N–H and O–H groups in total. The van der Waals surface area contributed by atoms with E-state index in [0.717, 1.165) is 42.4 Å². The Morgan fingerprint density at radius 3 is 2.37 bits per heavy atom. The molecule has 2 atom stereocenters. The Bertz CT molecular complexity index is 1010. The summed E-state index contributed by atoms with van der Waals surface area (Å²) in [5, 5.41) is 25.0. The van der Waals surface area contributed by atoms with E-state index in [2.05, 4.69) is 35.4 Å². The Labute approximate surface area is 182 Å². The molecule has 1 amide bonds. The molecule has 30 heavy (non-hydrogen) atoms. The lowest BCUT2D eigenvalue weighted by atomic mass is 9.76. The zero-order valence-corrected chi connectivity index (χ0v) is 17.5. The van der Waals surface area contributed by atoms with Crippen LogP contribution in [0.1, 0.15) is 36.8 Å². The molecular formula is C24H24N4OS. The van der Waals surface area contributed by atoms with Gasteiger partial charge >= 0.3 is 0 Å². The fraction of sp³-hybridized carbons (Fsp3) is 0.375. The van der Waals surface area contributed by atoms with Gasteiger partial charge in [-0.25, -0.2) is 0 Å². The minimum absolute atomic E-state index is 0.0496. The third kappa shape index (κ3) is 4.36. The average molecular weight is 417 g/mol. The number of thiol groups is 1. The van der Waals surface area contributed by atoms with Gasteiger partial charge in [-0.3, -0.25) is 4.79 Å². The molecule has 0 spiro atoms. The van der Waals surface area contributed by atoms with Crippen molar-refractivity contribution in [3.05, 3.63) is 53.6 Å². The first-order valence-electron chi connectivity index (χ1n) is 10.4. The molecule has 5 nitrogen and oxygen atoms in total. The summed E-state index contributed by atoms with van der Waals surface area (Å²) in [6, 6.07) is 17.5. The van der Waals surface area contributed by atoms with E-state index < -0.39 is 6.04 Å². The Kier molecular flexibility index (Phi) is 6.08. The Balaban J connectivity index is 1.39. The first-order chi connectivity index (χ1) is 14.6. The van der Waals surface area contributed by atoms with E-state index in [4.69, 9.17) is 5.26 Å². The highest BCUT2D eigenvalue weighted by atomic mass is 32.1. The van der Waals surface area contributed by atoms with Gasteiger partial charge in [0.2, 0.25) is 5.91 Å². The molecule has 3 fully saturated rings. The summed E-state index contributed by atoms with van der Waals surface area (Å²) in [5.41, 5.74) is 3.53. The highest BCUT2D eigenvalue weighted by Crippen LogP contribution is 2.33. The number of carbonyl (C=O) groups excluding carboxylic acids is 1. The lowest BCUT2D eigenvalue weighted by molar-refractivity contribution is -0.127. The monoisotopic (exact) mass is 416 g/mol. The summed E-state index contributed by atoms with van der Waals surface area (Å²) in [7, 11) is 0. The maximum Gasteiger partial charge on any atom is 0.238 e. The first kappa shape index (κ1) is 20.5. The quantitative estimate of drug-likeness (QED) is 0.650. The molecule has 1 aliphatic carbocycles. The molecule has 5 rings (SSSR count). The lowest BCUT2D eigenvalue weighted by Crippen LogP contribution is -2.59. The van der Waals surface area contributed by atoms with Crippen LogP contribution in [0.15, 0.2) is 47.4 Å². The van der Waals surface area contributed by atoms with E-state index in [-0.39, 0.29) is 11.9 Å². The molecule has 1 saturated carbocycles. The van der Waals surface area contributed by atoms with Crippen LogP contribution in [0.4, 0.5) is 0 Å². The zero-order chi connectivity index (χ0) is 21.1. The minimum Gasteiger partial charge on any atom is -0.339 e. The molecule has 0 aromatic heterocycles. The SMILES string of the molecule is N#Cc1ccc(-c2ccc(C[C@@H](C#N)NC(=O)C3NC4CCC3CC4)cc2)cc1S. The van der Waals surface area contributed by atoms with Crippen LogP contribution in [0, 0.1) is 28.6 Å². The van der Waals surface area contributed by atoms with E-state index >= 15 is 0 Å². The summed E-state index contributed by atoms with van der Waals surface area (Å²) >= 11 is 4.36. The standard InChI is InChI=1S/C24H24N4OS/c25-13-19-6-5-18(12-22(19)30)16-3-1-15(2-4-16)11-21(14-26)28-24(29)23-17-7-9-20(27-23)10-8-17/h1-6,12,17,20-21,23,27,30H,7-11H2,(H,28,29)/t17?,20?,21-,23?/m0/s1. The van der Waals surface area contributed by atoms with Crippen LogP contribution in [0.25, 0.3) is 11.1 Å². The number of benzene rings is 2. The molecule has 2 bridgehead atoms. The van der Waals surface area contributed by atoms with Crippen molar-refractivity contribution in [1.82, 2.24) is 10.6 Å². The second-order valence-corrected chi connectivity index (χ2v) is 8.67. The van der Waals surface area contributed by atoms with Crippen molar-refractivity contribution in [3.63, 3.8) is 0 Å². The maximum atomic E-state index is 12.7. The average Bonchev–Trinajstić information content (AvgIpc) is 2.79. The van der Waals surface area contributed by atoms with E-state index in [9.17, 15) is 10.1 Å². The van der Waals surface area contributed by atoms with Crippen LogP contribution in [-0.2, 0) is 11.2 Å². The minimum atomic E-state index is -0.551. The van der Waals surface area contributed by atoms with Crippen molar-refractivity contribution in [2.75, 3.05) is 0 Å². The molecule has 6 heteroatoms. The highest BCUT2D eigenvalue weighted by molar-refractivity contribution is 7.80. The van der Waals surface area contributed by atoms with Gasteiger partial charge in [0.1, 0.15) is 12.1 Å². The summed E-state index contributed by atoms with van der Waals surface area (Å²) in [6.07, 6.45) is 4.96. The number of carbonyl (C=O) groups is 1. The summed E-state index contributed by atoms with van der Waals surface area (Å²) in [4.78, 5) is 13.4. The number of hydrogen-bond acceptors (Lipinski definition) is 5. The van der Waals surface area contributed by atoms with Crippen molar-refractivity contribution < 1.29 is 4.79 Å². The van der Waals surface area contributed by atoms with Crippen molar-refractivity contribution in [1.29, 1.82) is 10.5 Å². The van der Waals surface area contributed by atoms with Crippen molar-refractivity contribution in [2.45, 2.75) is 55.1 Å². The van der Waals surface area contributed by atoms with Crippen LogP contribution in [0.2, 0.25) is 0 Å². The molecule has 2 saturated heterocycles. The number of nitrogens with one attached hydrogen (secondary N) is 2. The number of hydrogen-bond donors (Lipinski definition) is 3. The number of rotatable bonds is 5. The van der Waals surface area contributed by atoms with E-state index in [1.54, 1.807) is 6.07 Å². The molecule has 3 aliphatic rings. The number of amides is 1. The van der Waals surface area contributed by atoms with Crippen LogP contribution in [0.5, 0.6) is 0 Å². The number of fused-ring (bicyclic) bond motifs is 3. The second kappa shape index (κ2) is 8.92. The van der Waals surface area contributed by atoms with Gasteiger partial charge in [0.25, 0.3) is 0 Å². The smallest absolute Gasteiger partial charge is 0.238 e.